The van der Waals surface area contributed by atoms with E-state index in [1.165, 1.54) is 12.1 Å². The first-order valence-electron chi connectivity index (χ1n) is 10.7. The van der Waals surface area contributed by atoms with Gasteiger partial charge in [-0.1, -0.05) is 38.1 Å². The quantitative estimate of drug-likeness (QED) is 0.627. The van der Waals surface area contributed by atoms with Crippen LogP contribution in [0.3, 0.4) is 0 Å². The van der Waals surface area contributed by atoms with E-state index >= 15 is 0 Å². The molecule has 0 saturated carbocycles. The van der Waals surface area contributed by atoms with E-state index in [4.69, 9.17) is 4.74 Å². The Bertz CT molecular complexity index is 838. The molecule has 1 amide bonds. The second-order valence-corrected chi connectivity index (χ2v) is 8.21. The van der Waals surface area contributed by atoms with Crippen molar-refractivity contribution in [2.45, 2.75) is 33.2 Å². The fourth-order valence-electron chi connectivity index (χ4n) is 3.49. The van der Waals surface area contributed by atoms with Crippen LogP contribution in [0, 0.1) is 17.7 Å². The Balaban J connectivity index is 1.66. The number of ether oxygens (including phenoxy) is 1. The summed E-state index contributed by atoms with van der Waals surface area (Å²) >= 11 is 0. The summed E-state index contributed by atoms with van der Waals surface area (Å²) in [5.74, 6) is 1.17. The second-order valence-electron chi connectivity index (χ2n) is 8.21. The number of amides is 1. The predicted octanol–water partition coefficient (Wildman–Crippen LogP) is 4.56. The van der Waals surface area contributed by atoms with E-state index in [9.17, 15) is 9.18 Å². The molecule has 4 nitrogen and oxygen atoms in total. The Labute approximate surface area is 178 Å². The second kappa shape index (κ2) is 10.9. The molecule has 1 aliphatic heterocycles. The highest BCUT2D eigenvalue weighted by molar-refractivity contribution is 5.98. The van der Waals surface area contributed by atoms with Crippen LogP contribution >= 0.6 is 0 Å². The van der Waals surface area contributed by atoms with Gasteiger partial charge in [0.1, 0.15) is 11.6 Å². The molecule has 2 aromatic carbocycles. The van der Waals surface area contributed by atoms with Gasteiger partial charge in [0.05, 0.1) is 6.61 Å². The third-order valence-electron chi connectivity index (χ3n) is 5.19. The standard InChI is InChI=1S/C25H31FN2O2/c1-18(2)17-30-23-9-5-20(6-10-23)16-28-25(29)24(21-11-13-27-14-12-21)15-19-3-7-22(26)8-4-19/h3-10,15,18,21,27H,11-14,16-17H2,1-2H3,(H,28,29)/b24-15-. The first-order chi connectivity index (χ1) is 14.5. The van der Waals surface area contributed by atoms with Crippen molar-refractivity contribution in [1.29, 1.82) is 0 Å². The van der Waals surface area contributed by atoms with Crippen LogP contribution in [0.15, 0.2) is 54.1 Å². The molecule has 3 rings (SSSR count). The number of benzene rings is 2. The van der Waals surface area contributed by atoms with Gasteiger partial charge in [0.2, 0.25) is 5.91 Å². The van der Waals surface area contributed by atoms with Gasteiger partial charge < -0.3 is 15.4 Å². The summed E-state index contributed by atoms with van der Waals surface area (Å²) in [7, 11) is 0. The summed E-state index contributed by atoms with van der Waals surface area (Å²) in [5, 5.41) is 6.39. The molecular formula is C25H31FN2O2. The average Bonchev–Trinajstić information content (AvgIpc) is 2.77. The van der Waals surface area contributed by atoms with Crippen LogP contribution in [0.4, 0.5) is 4.39 Å². The normalized spacial score (nSPS) is 15.3. The molecule has 0 atom stereocenters. The molecule has 1 heterocycles. The number of nitrogens with one attached hydrogen (secondary N) is 2. The minimum Gasteiger partial charge on any atom is -0.493 e. The molecule has 30 heavy (non-hydrogen) atoms. The molecule has 5 heteroatoms. The molecule has 0 radical (unpaired) electrons. The monoisotopic (exact) mass is 410 g/mol. The molecule has 1 aliphatic rings. The smallest absolute Gasteiger partial charge is 0.247 e. The summed E-state index contributed by atoms with van der Waals surface area (Å²) in [6.07, 6.45) is 3.73. The van der Waals surface area contributed by atoms with Gasteiger partial charge in [0, 0.05) is 12.1 Å². The van der Waals surface area contributed by atoms with E-state index in [2.05, 4.69) is 24.5 Å². The minimum absolute atomic E-state index is 0.0636. The Morgan fingerprint density at radius 2 is 1.80 bits per heavy atom. The largest absolute Gasteiger partial charge is 0.493 e. The summed E-state index contributed by atoms with van der Waals surface area (Å²) < 4.78 is 19.0. The average molecular weight is 411 g/mol. The van der Waals surface area contributed by atoms with Crippen LogP contribution in [-0.4, -0.2) is 25.6 Å². The lowest BCUT2D eigenvalue weighted by Gasteiger charge is -2.25. The van der Waals surface area contributed by atoms with Crippen molar-refractivity contribution in [3.63, 3.8) is 0 Å². The van der Waals surface area contributed by atoms with Gasteiger partial charge in [-0.2, -0.15) is 0 Å². The van der Waals surface area contributed by atoms with Gasteiger partial charge in [-0.25, -0.2) is 4.39 Å². The van der Waals surface area contributed by atoms with Crippen molar-refractivity contribution in [1.82, 2.24) is 10.6 Å². The van der Waals surface area contributed by atoms with Crippen molar-refractivity contribution in [2.75, 3.05) is 19.7 Å². The molecule has 0 bridgehead atoms. The highest BCUT2D eigenvalue weighted by atomic mass is 19.1. The summed E-state index contributed by atoms with van der Waals surface area (Å²) in [5.41, 5.74) is 2.62. The number of carbonyl (C=O) groups is 1. The van der Waals surface area contributed by atoms with Crippen molar-refractivity contribution in [3.8, 4) is 5.75 Å². The highest BCUT2D eigenvalue weighted by Crippen LogP contribution is 2.24. The van der Waals surface area contributed by atoms with Crippen molar-refractivity contribution >= 4 is 12.0 Å². The van der Waals surface area contributed by atoms with E-state index in [1.54, 1.807) is 12.1 Å². The van der Waals surface area contributed by atoms with Crippen molar-refractivity contribution < 1.29 is 13.9 Å². The maximum Gasteiger partial charge on any atom is 0.247 e. The number of hydrogen-bond acceptors (Lipinski definition) is 3. The molecule has 0 spiro atoms. The van der Waals surface area contributed by atoms with Crippen molar-refractivity contribution in [3.05, 3.63) is 71.0 Å². The summed E-state index contributed by atoms with van der Waals surface area (Å²) in [6.45, 7) is 7.17. The van der Waals surface area contributed by atoms with E-state index in [-0.39, 0.29) is 17.6 Å². The number of rotatable bonds is 8. The van der Waals surface area contributed by atoms with Crippen LogP contribution in [0.2, 0.25) is 0 Å². The van der Waals surface area contributed by atoms with Gasteiger partial charge in [0.15, 0.2) is 0 Å². The Hall–Kier alpha value is -2.66. The highest BCUT2D eigenvalue weighted by Gasteiger charge is 2.23. The fourth-order valence-corrected chi connectivity index (χ4v) is 3.49. The van der Waals surface area contributed by atoms with Crippen LogP contribution in [0.25, 0.3) is 6.08 Å². The van der Waals surface area contributed by atoms with Gasteiger partial charge >= 0.3 is 0 Å². The zero-order valence-electron chi connectivity index (χ0n) is 17.8. The SMILES string of the molecule is CC(C)COc1ccc(CNC(=O)/C(=C\c2ccc(F)cc2)C2CCNCC2)cc1. The van der Waals surface area contributed by atoms with Gasteiger partial charge in [-0.15, -0.1) is 0 Å². The molecule has 1 saturated heterocycles. The van der Waals surface area contributed by atoms with E-state index in [0.717, 1.165) is 48.4 Å². The van der Waals surface area contributed by atoms with Gasteiger partial charge in [-0.3, -0.25) is 4.79 Å². The number of halogens is 1. The lowest BCUT2D eigenvalue weighted by atomic mass is 9.88. The molecule has 2 aromatic rings. The Morgan fingerprint density at radius 3 is 2.43 bits per heavy atom. The molecule has 1 fully saturated rings. The zero-order chi connectivity index (χ0) is 21.3. The topological polar surface area (TPSA) is 50.4 Å². The molecule has 2 N–H and O–H groups in total. The van der Waals surface area contributed by atoms with Crippen LogP contribution in [0.1, 0.15) is 37.8 Å². The molecule has 0 unspecified atom stereocenters. The van der Waals surface area contributed by atoms with Gasteiger partial charge in [-0.05, 0) is 79.2 Å². The third-order valence-corrected chi connectivity index (χ3v) is 5.19. The van der Waals surface area contributed by atoms with Crippen LogP contribution < -0.4 is 15.4 Å². The molecule has 0 aliphatic carbocycles. The molecular weight excluding hydrogens is 379 g/mol. The van der Waals surface area contributed by atoms with Gasteiger partial charge in [0.25, 0.3) is 0 Å². The van der Waals surface area contributed by atoms with E-state index in [1.807, 2.05) is 30.3 Å². The Morgan fingerprint density at radius 1 is 1.13 bits per heavy atom. The Kier molecular flexibility index (Phi) is 8.03. The molecule has 160 valence electrons. The molecule has 0 aromatic heterocycles. The fraction of sp³-hybridized carbons (Fsp3) is 0.400. The predicted molar refractivity (Wildman–Crippen MR) is 119 cm³/mol. The maximum atomic E-state index is 13.2. The first kappa shape index (κ1) is 22.0. The first-order valence-corrected chi connectivity index (χ1v) is 10.7. The zero-order valence-corrected chi connectivity index (χ0v) is 17.8. The summed E-state index contributed by atoms with van der Waals surface area (Å²) in [6, 6.07) is 14.1. The lowest BCUT2D eigenvalue weighted by molar-refractivity contribution is -0.118. The van der Waals surface area contributed by atoms with Crippen LogP contribution in [-0.2, 0) is 11.3 Å². The van der Waals surface area contributed by atoms with E-state index in [0.29, 0.717) is 19.1 Å². The van der Waals surface area contributed by atoms with E-state index < -0.39 is 0 Å². The third kappa shape index (κ3) is 6.70. The van der Waals surface area contributed by atoms with Crippen molar-refractivity contribution in [2.24, 2.45) is 11.8 Å². The lowest BCUT2D eigenvalue weighted by Crippen LogP contribution is -2.34. The number of hydrogen-bond donors (Lipinski definition) is 2. The van der Waals surface area contributed by atoms with Crippen LogP contribution in [0.5, 0.6) is 5.75 Å². The maximum absolute atomic E-state index is 13.2. The minimum atomic E-state index is -0.277. The number of carbonyl (C=O) groups excluding carboxylic acids is 1. The number of piperidine rings is 1. The summed E-state index contributed by atoms with van der Waals surface area (Å²) in [4.78, 5) is 13.0.